The van der Waals surface area contributed by atoms with Crippen LogP contribution in [0.1, 0.15) is 33.1 Å². The number of aromatic carboxylic acids is 1. The number of amides is 1. The van der Waals surface area contributed by atoms with Crippen LogP contribution >= 0.6 is 0 Å². The van der Waals surface area contributed by atoms with Crippen LogP contribution in [0.2, 0.25) is 0 Å². The Morgan fingerprint density at radius 1 is 1.00 bits per heavy atom. The van der Waals surface area contributed by atoms with Crippen LogP contribution in [0, 0.1) is 0 Å². The number of nitrogens with zero attached hydrogens (tertiary/aromatic N) is 1. The molecule has 3 aromatic carbocycles. The summed E-state index contributed by atoms with van der Waals surface area (Å²) in [6.45, 7) is 0.252. The van der Waals surface area contributed by atoms with Gasteiger partial charge in [-0.3, -0.25) is 4.79 Å². The maximum atomic E-state index is 13.1. The molecule has 4 rings (SSSR count). The normalized spacial score (nSPS) is 16.0. The molecule has 6 nitrogen and oxygen atoms in total. The molecular formula is C25H21NO5. The first-order valence-electron chi connectivity index (χ1n) is 9.75. The number of carbonyl (C=O) groups excluding carboxylic acids is 1. The number of aliphatic hydroxyl groups is 1. The summed E-state index contributed by atoms with van der Waals surface area (Å²) in [5.41, 5.74) is 2.94. The molecule has 31 heavy (non-hydrogen) atoms. The van der Waals surface area contributed by atoms with Crippen molar-refractivity contribution in [3.8, 4) is 5.75 Å². The summed E-state index contributed by atoms with van der Waals surface area (Å²) in [7, 11) is 1.58. The molecule has 1 heterocycles. The van der Waals surface area contributed by atoms with Gasteiger partial charge in [0.05, 0.1) is 18.7 Å². The second kappa shape index (κ2) is 8.36. The van der Waals surface area contributed by atoms with Gasteiger partial charge in [-0.1, -0.05) is 54.6 Å². The van der Waals surface area contributed by atoms with Gasteiger partial charge in [0.25, 0.3) is 5.91 Å². The summed E-state index contributed by atoms with van der Waals surface area (Å²) < 4.78 is 5.29. The molecule has 2 N–H and O–H groups in total. The molecule has 0 saturated carbocycles. The highest BCUT2D eigenvalue weighted by Gasteiger charge is 2.41. The van der Waals surface area contributed by atoms with Crippen molar-refractivity contribution in [3.63, 3.8) is 0 Å². The first-order chi connectivity index (χ1) is 15.0. The van der Waals surface area contributed by atoms with Gasteiger partial charge in [-0.25, -0.2) is 4.79 Å². The Morgan fingerprint density at radius 3 is 2.35 bits per heavy atom. The lowest BCUT2D eigenvalue weighted by Crippen LogP contribution is -2.29. The van der Waals surface area contributed by atoms with E-state index in [1.807, 2.05) is 54.6 Å². The van der Waals surface area contributed by atoms with E-state index < -0.39 is 17.9 Å². The molecule has 0 fully saturated rings. The highest BCUT2D eigenvalue weighted by atomic mass is 16.5. The third-order valence-electron chi connectivity index (χ3n) is 5.35. The van der Waals surface area contributed by atoms with Crippen LogP contribution in [0.5, 0.6) is 5.75 Å². The van der Waals surface area contributed by atoms with Crippen LogP contribution in [-0.4, -0.2) is 34.1 Å². The third-order valence-corrected chi connectivity index (χ3v) is 5.35. The van der Waals surface area contributed by atoms with Crippen LogP contribution in [0.4, 0.5) is 0 Å². The summed E-state index contributed by atoms with van der Waals surface area (Å²) in [5, 5.41) is 20.0. The maximum absolute atomic E-state index is 13.1. The predicted octanol–water partition coefficient (Wildman–Crippen LogP) is 4.45. The van der Waals surface area contributed by atoms with Crippen molar-refractivity contribution in [1.29, 1.82) is 0 Å². The van der Waals surface area contributed by atoms with Gasteiger partial charge in [-0.05, 0) is 41.0 Å². The first-order valence-corrected chi connectivity index (χ1v) is 9.75. The van der Waals surface area contributed by atoms with Gasteiger partial charge in [0.2, 0.25) is 0 Å². The van der Waals surface area contributed by atoms with Crippen LogP contribution in [0.15, 0.2) is 84.6 Å². The lowest BCUT2D eigenvalue weighted by molar-refractivity contribution is -0.130. The molecule has 0 radical (unpaired) electrons. The van der Waals surface area contributed by atoms with Crippen LogP contribution < -0.4 is 4.74 Å². The van der Waals surface area contributed by atoms with E-state index in [0.717, 1.165) is 11.1 Å². The van der Waals surface area contributed by atoms with Crippen molar-refractivity contribution in [2.24, 2.45) is 0 Å². The molecule has 1 aliphatic heterocycles. The van der Waals surface area contributed by atoms with Gasteiger partial charge < -0.3 is 19.8 Å². The minimum Gasteiger partial charge on any atom is -0.503 e. The number of benzene rings is 3. The number of ether oxygens (including phenoxy) is 1. The summed E-state index contributed by atoms with van der Waals surface area (Å²) in [6.07, 6.45) is 0. The summed E-state index contributed by atoms with van der Waals surface area (Å²) in [5.74, 6) is -1.13. The van der Waals surface area contributed by atoms with Crippen LogP contribution in [0.25, 0.3) is 5.57 Å². The molecule has 0 bridgehead atoms. The standard InChI is InChI=1S/C25H21NO5/c1-31-20-9-5-6-16(14-20)15-26-22(18-10-12-19(13-11-18)25(29)30)21(23(27)24(26)28)17-7-3-2-4-8-17/h2-14,22,27H,15H2,1H3,(H,29,30)/t22-/m0/s1. The average molecular weight is 415 g/mol. The minimum atomic E-state index is -1.02. The van der Waals surface area contributed by atoms with Gasteiger partial charge in [-0.2, -0.15) is 0 Å². The summed E-state index contributed by atoms with van der Waals surface area (Å²) >= 11 is 0. The van der Waals surface area contributed by atoms with Crippen molar-refractivity contribution in [3.05, 3.63) is 107 Å². The summed E-state index contributed by atoms with van der Waals surface area (Å²) in [6, 6.07) is 22.4. The van der Waals surface area contributed by atoms with E-state index in [-0.39, 0.29) is 17.9 Å². The Balaban J connectivity index is 1.79. The number of hydrogen-bond acceptors (Lipinski definition) is 4. The van der Waals surface area contributed by atoms with Crippen LogP contribution in [-0.2, 0) is 11.3 Å². The van der Waals surface area contributed by atoms with E-state index in [2.05, 4.69) is 0 Å². The monoisotopic (exact) mass is 415 g/mol. The number of carboxylic acid groups (broad SMARTS) is 1. The predicted molar refractivity (Wildman–Crippen MR) is 116 cm³/mol. The molecule has 1 aliphatic rings. The van der Waals surface area contributed by atoms with E-state index in [9.17, 15) is 19.8 Å². The van der Waals surface area contributed by atoms with Crippen molar-refractivity contribution in [1.82, 2.24) is 4.90 Å². The quantitative estimate of drug-likeness (QED) is 0.621. The van der Waals surface area contributed by atoms with Gasteiger partial charge in [0, 0.05) is 12.1 Å². The van der Waals surface area contributed by atoms with E-state index in [4.69, 9.17) is 4.74 Å². The molecule has 0 spiro atoms. The molecule has 156 valence electrons. The fourth-order valence-corrected chi connectivity index (χ4v) is 3.85. The Hall–Kier alpha value is -4.06. The molecule has 0 aliphatic carbocycles. The van der Waals surface area contributed by atoms with Crippen LogP contribution in [0.3, 0.4) is 0 Å². The number of carboxylic acids is 1. The number of aliphatic hydroxyl groups excluding tert-OH is 1. The van der Waals surface area contributed by atoms with Crippen molar-refractivity contribution >= 4 is 17.4 Å². The fraction of sp³-hybridized carbons (Fsp3) is 0.120. The van der Waals surface area contributed by atoms with Gasteiger partial charge >= 0.3 is 5.97 Å². The van der Waals surface area contributed by atoms with E-state index >= 15 is 0 Å². The first kappa shape index (κ1) is 20.2. The Kier molecular flexibility index (Phi) is 5.45. The molecule has 1 atom stereocenters. The molecular weight excluding hydrogens is 394 g/mol. The molecule has 6 heteroatoms. The number of carbonyl (C=O) groups is 2. The largest absolute Gasteiger partial charge is 0.503 e. The third kappa shape index (κ3) is 3.88. The average Bonchev–Trinajstić information content (AvgIpc) is 3.04. The van der Waals surface area contributed by atoms with E-state index in [1.165, 1.54) is 12.1 Å². The van der Waals surface area contributed by atoms with Crippen molar-refractivity contribution in [2.75, 3.05) is 7.11 Å². The fourth-order valence-electron chi connectivity index (χ4n) is 3.85. The highest BCUT2D eigenvalue weighted by Crippen LogP contribution is 2.43. The second-order valence-electron chi connectivity index (χ2n) is 7.24. The van der Waals surface area contributed by atoms with Crippen molar-refractivity contribution < 1.29 is 24.5 Å². The zero-order valence-corrected chi connectivity index (χ0v) is 16.9. The zero-order valence-electron chi connectivity index (χ0n) is 16.9. The minimum absolute atomic E-state index is 0.155. The SMILES string of the molecule is COc1cccc(CN2C(=O)C(O)=C(c3ccccc3)[C@@H]2c2ccc(C(=O)O)cc2)c1. The van der Waals surface area contributed by atoms with Gasteiger partial charge in [-0.15, -0.1) is 0 Å². The van der Waals surface area contributed by atoms with Gasteiger partial charge in [0.15, 0.2) is 5.76 Å². The number of hydrogen-bond donors (Lipinski definition) is 2. The second-order valence-corrected chi connectivity index (χ2v) is 7.24. The molecule has 0 unspecified atom stereocenters. The Morgan fingerprint density at radius 2 is 1.71 bits per heavy atom. The van der Waals surface area contributed by atoms with Gasteiger partial charge in [0.1, 0.15) is 5.75 Å². The molecule has 0 saturated heterocycles. The smallest absolute Gasteiger partial charge is 0.335 e. The molecule has 0 aromatic heterocycles. The number of rotatable bonds is 6. The summed E-state index contributed by atoms with van der Waals surface area (Å²) in [4.78, 5) is 25.9. The maximum Gasteiger partial charge on any atom is 0.335 e. The Bertz CT molecular complexity index is 1150. The van der Waals surface area contributed by atoms with Crippen molar-refractivity contribution in [2.45, 2.75) is 12.6 Å². The zero-order chi connectivity index (χ0) is 22.0. The highest BCUT2D eigenvalue weighted by molar-refractivity contribution is 6.05. The lowest BCUT2D eigenvalue weighted by atomic mass is 9.93. The number of methoxy groups -OCH3 is 1. The van der Waals surface area contributed by atoms with E-state index in [0.29, 0.717) is 16.9 Å². The molecule has 3 aromatic rings. The lowest BCUT2D eigenvalue weighted by Gasteiger charge is -2.27. The molecule has 1 amide bonds. The van der Waals surface area contributed by atoms with E-state index in [1.54, 1.807) is 24.1 Å². The Labute approximate surface area is 179 Å². The topological polar surface area (TPSA) is 87.1 Å².